The third-order valence-electron chi connectivity index (χ3n) is 9.85. The van der Waals surface area contributed by atoms with Gasteiger partial charge in [0.15, 0.2) is 0 Å². The Bertz CT molecular complexity index is 934. The molecule has 0 aliphatic carbocycles. The standard InChI is InChI=1S/C39H68O9/c1-4-5-6-7-8-9-10-11-12-13-22-35(43)37-25-26-38(48-37)36(44)28-34(47-30(3)40)21-17-16-19-32(41)18-14-15-20-33(42)24-23-31-27-29(2)46-39(31)45/h27,29,33-38,42-44H,4-26,28H2,1-3H3/t29-,33?,34?,35+,36+,37+,38+/m0/s1. The summed E-state index contributed by atoms with van der Waals surface area (Å²) in [5.74, 6) is -0.502. The second kappa shape index (κ2) is 25.2. The molecule has 48 heavy (non-hydrogen) atoms. The molecule has 0 saturated carbocycles. The lowest BCUT2D eigenvalue weighted by atomic mass is 9.98. The van der Waals surface area contributed by atoms with Crippen molar-refractivity contribution < 1.29 is 43.9 Å². The summed E-state index contributed by atoms with van der Waals surface area (Å²) in [5, 5.41) is 31.8. The minimum Gasteiger partial charge on any atom is -0.462 e. The number of ether oxygens (including phenoxy) is 3. The van der Waals surface area contributed by atoms with Gasteiger partial charge >= 0.3 is 11.9 Å². The van der Waals surface area contributed by atoms with Gasteiger partial charge in [-0.2, -0.15) is 0 Å². The number of hydrogen-bond donors (Lipinski definition) is 3. The van der Waals surface area contributed by atoms with Crippen LogP contribution < -0.4 is 0 Å². The highest BCUT2D eigenvalue weighted by atomic mass is 16.6. The highest BCUT2D eigenvalue weighted by molar-refractivity contribution is 5.90. The fourth-order valence-electron chi connectivity index (χ4n) is 6.97. The molecular weight excluding hydrogens is 612 g/mol. The molecule has 0 spiro atoms. The topological polar surface area (TPSA) is 140 Å². The fraction of sp³-hybridized carbons (Fsp3) is 0.872. The maximum absolute atomic E-state index is 12.4. The maximum atomic E-state index is 12.4. The highest BCUT2D eigenvalue weighted by Crippen LogP contribution is 2.29. The molecule has 7 atom stereocenters. The fourth-order valence-corrected chi connectivity index (χ4v) is 6.97. The average molecular weight is 681 g/mol. The number of unbranched alkanes of at least 4 members (excludes halogenated alkanes) is 11. The Balaban J connectivity index is 1.55. The monoisotopic (exact) mass is 680 g/mol. The number of hydrogen-bond acceptors (Lipinski definition) is 9. The lowest BCUT2D eigenvalue weighted by Crippen LogP contribution is -2.34. The molecule has 0 aromatic carbocycles. The smallest absolute Gasteiger partial charge is 0.334 e. The number of esters is 2. The molecule has 9 heteroatoms. The summed E-state index contributed by atoms with van der Waals surface area (Å²) in [5.41, 5.74) is 0.632. The minimum absolute atomic E-state index is 0.183. The van der Waals surface area contributed by atoms with Gasteiger partial charge in [-0.3, -0.25) is 9.59 Å². The molecule has 0 aromatic heterocycles. The van der Waals surface area contributed by atoms with Crippen molar-refractivity contribution in [2.75, 3.05) is 0 Å². The van der Waals surface area contributed by atoms with Crippen LogP contribution in [-0.2, 0) is 28.6 Å². The van der Waals surface area contributed by atoms with E-state index in [9.17, 15) is 29.7 Å². The second-order valence-electron chi connectivity index (χ2n) is 14.4. The van der Waals surface area contributed by atoms with E-state index in [1.807, 2.05) is 6.92 Å². The molecule has 2 rings (SSSR count). The van der Waals surface area contributed by atoms with Gasteiger partial charge in [0.1, 0.15) is 18.0 Å². The quantitative estimate of drug-likeness (QED) is 0.0538. The second-order valence-corrected chi connectivity index (χ2v) is 14.4. The molecule has 1 fully saturated rings. The first-order chi connectivity index (χ1) is 23.1. The van der Waals surface area contributed by atoms with E-state index in [4.69, 9.17) is 14.2 Å². The zero-order valence-electron chi connectivity index (χ0n) is 30.4. The molecule has 0 amide bonds. The normalized spacial score (nSPS) is 21.8. The predicted molar refractivity (Wildman–Crippen MR) is 187 cm³/mol. The molecule has 3 N–H and O–H groups in total. The van der Waals surface area contributed by atoms with E-state index in [2.05, 4.69) is 6.92 Å². The molecular formula is C39H68O9. The third-order valence-corrected chi connectivity index (χ3v) is 9.85. The minimum atomic E-state index is -0.784. The lowest BCUT2D eigenvalue weighted by Gasteiger charge is -2.25. The van der Waals surface area contributed by atoms with Gasteiger partial charge in [0, 0.05) is 31.8 Å². The van der Waals surface area contributed by atoms with Crippen molar-refractivity contribution >= 4 is 17.7 Å². The largest absolute Gasteiger partial charge is 0.462 e. The van der Waals surface area contributed by atoms with E-state index in [-0.39, 0.29) is 36.5 Å². The van der Waals surface area contributed by atoms with Crippen LogP contribution in [0.4, 0.5) is 0 Å². The van der Waals surface area contributed by atoms with Crippen LogP contribution in [0.25, 0.3) is 0 Å². The van der Waals surface area contributed by atoms with Crippen LogP contribution in [0.15, 0.2) is 11.6 Å². The van der Waals surface area contributed by atoms with Gasteiger partial charge in [-0.1, -0.05) is 77.6 Å². The van der Waals surface area contributed by atoms with E-state index in [1.54, 1.807) is 6.08 Å². The number of rotatable bonds is 29. The Morgan fingerprint density at radius 2 is 1.35 bits per heavy atom. The summed E-state index contributed by atoms with van der Waals surface area (Å²) in [4.78, 5) is 35.8. The van der Waals surface area contributed by atoms with Gasteiger partial charge in [0.05, 0.1) is 30.5 Å². The first-order valence-electron chi connectivity index (χ1n) is 19.4. The predicted octanol–water partition coefficient (Wildman–Crippen LogP) is 7.59. The maximum Gasteiger partial charge on any atom is 0.334 e. The number of ketones is 1. The highest BCUT2D eigenvalue weighted by Gasteiger charge is 2.35. The van der Waals surface area contributed by atoms with Crippen molar-refractivity contribution in [2.24, 2.45) is 0 Å². The Labute approximate surface area is 290 Å². The van der Waals surface area contributed by atoms with E-state index >= 15 is 0 Å². The van der Waals surface area contributed by atoms with E-state index in [0.717, 1.165) is 32.1 Å². The van der Waals surface area contributed by atoms with Gasteiger partial charge in [-0.25, -0.2) is 4.79 Å². The van der Waals surface area contributed by atoms with Gasteiger partial charge in [-0.05, 0) is 77.2 Å². The molecule has 2 aliphatic rings. The number of carbonyl (C=O) groups excluding carboxylic acids is 3. The molecule has 0 aromatic rings. The molecule has 9 nitrogen and oxygen atoms in total. The molecule has 2 aliphatic heterocycles. The van der Waals surface area contributed by atoms with E-state index in [0.29, 0.717) is 69.8 Å². The van der Waals surface area contributed by atoms with Crippen LogP contribution in [0, 0.1) is 0 Å². The van der Waals surface area contributed by atoms with Crippen LogP contribution >= 0.6 is 0 Å². The first-order valence-corrected chi connectivity index (χ1v) is 19.4. The van der Waals surface area contributed by atoms with Crippen molar-refractivity contribution in [3.63, 3.8) is 0 Å². The zero-order chi connectivity index (χ0) is 35.1. The van der Waals surface area contributed by atoms with Crippen LogP contribution in [0.2, 0.25) is 0 Å². The van der Waals surface area contributed by atoms with Crippen molar-refractivity contribution in [3.05, 3.63) is 11.6 Å². The summed E-state index contributed by atoms with van der Waals surface area (Å²) < 4.78 is 16.7. The van der Waals surface area contributed by atoms with Crippen molar-refractivity contribution in [2.45, 2.75) is 218 Å². The average Bonchev–Trinajstić information content (AvgIpc) is 3.67. The number of cyclic esters (lactones) is 1. The Morgan fingerprint density at radius 1 is 0.792 bits per heavy atom. The third kappa shape index (κ3) is 18.8. The van der Waals surface area contributed by atoms with Gasteiger partial charge in [-0.15, -0.1) is 0 Å². The Kier molecular flexibility index (Phi) is 22.2. The lowest BCUT2D eigenvalue weighted by molar-refractivity contribution is -0.150. The van der Waals surface area contributed by atoms with Gasteiger partial charge in [0.25, 0.3) is 0 Å². The summed E-state index contributed by atoms with van der Waals surface area (Å²) in [6.07, 6.45) is 19.6. The number of carbonyl (C=O) groups is 3. The van der Waals surface area contributed by atoms with Crippen molar-refractivity contribution in [1.29, 1.82) is 0 Å². The Morgan fingerprint density at radius 3 is 1.94 bits per heavy atom. The summed E-state index contributed by atoms with van der Waals surface area (Å²) >= 11 is 0. The van der Waals surface area contributed by atoms with E-state index < -0.39 is 30.4 Å². The van der Waals surface area contributed by atoms with Gasteiger partial charge < -0.3 is 29.5 Å². The van der Waals surface area contributed by atoms with E-state index in [1.165, 1.54) is 58.3 Å². The van der Waals surface area contributed by atoms with Crippen LogP contribution in [0.1, 0.15) is 175 Å². The summed E-state index contributed by atoms with van der Waals surface area (Å²) in [6.45, 7) is 5.42. The molecule has 2 heterocycles. The molecule has 0 bridgehead atoms. The van der Waals surface area contributed by atoms with Crippen molar-refractivity contribution in [1.82, 2.24) is 0 Å². The number of aliphatic hydroxyl groups excluding tert-OH is 3. The molecule has 2 unspecified atom stereocenters. The van der Waals surface area contributed by atoms with Crippen molar-refractivity contribution in [3.8, 4) is 0 Å². The summed E-state index contributed by atoms with van der Waals surface area (Å²) in [6, 6.07) is 0. The van der Waals surface area contributed by atoms with Crippen LogP contribution in [0.3, 0.4) is 0 Å². The molecule has 1 saturated heterocycles. The van der Waals surface area contributed by atoms with Crippen LogP contribution in [-0.4, -0.2) is 75.8 Å². The first kappa shape index (κ1) is 42.4. The Hall–Kier alpha value is -1.81. The zero-order valence-corrected chi connectivity index (χ0v) is 30.4. The van der Waals surface area contributed by atoms with Crippen LogP contribution in [0.5, 0.6) is 0 Å². The molecule has 278 valence electrons. The van der Waals surface area contributed by atoms with Gasteiger partial charge in [0.2, 0.25) is 0 Å². The summed E-state index contributed by atoms with van der Waals surface area (Å²) in [7, 11) is 0. The number of Topliss-reactive ketones (excluding diaryl/α,β-unsaturated/α-hetero) is 1. The number of aliphatic hydroxyl groups is 3. The molecule has 0 radical (unpaired) electrons. The SMILES string of the molecule is CCCCCCCCCCCC[C@@H](O)[C@H]1CC[C@H]([C@H](O)CC(CCCCC(=O)CCCCC(O)CCC2=C[C@H](C)OC2=O)OC(C)=O)O1.